The van der Waals surface area contributed by atoms with Gasteiger partial charge in [-0.25, -0.2) is 4.79 Å². The molecule has 204 valence electrons. The van der Waals surface area contributed by atoms with Crippen LogP contribution in [-0.2, 0) is 24.0 Å². The molecule has 0 radical (unpaired) electrons. The van der Waals surface area contributed by atoms with Gasteiger partial charge in [0.15, 0.2) is 0 Å². The Morgan fingerprint density at radius 3 is 2.50 bits per heavy atom. The molecule has 0 aliphatic heterocycles. The lowest BCUT2D eigenvalue weighted by Gasteiger charge is -2.34. The Balaban J connectivity index is 1.65. The minimum atomic E-state index is -0.398. The Hall–Kier alpha value is -2.44. The first-order chi connectivity index (χ1) is 18.0. The Morgan fingerprint density at radius 2 is 1.87 bits per heavy atom. The van der Waals surface area contributed by atoms with Crippen molar-refractivity contribution in [3.05, 3.63) is 61.7 Å². The molecule has 1 aromatic carbocycles. The summed E-state index contributed by atoms with van der Waals surface area (Å²) in [5, 5.41) is 5.67. The van der Waals surface area contributed by atoms with E-state index in [4.69, 9.17) is 4.74 Å². The zero-order valence-electron chi connectivity index (χ0n) is 23.8. The number of ether oxygens (including phenoxy) is 1. The van der Waals surface area contributed by atoms with Crippen LogP contribution in [-0.4, -0.2) is 18.0 Å². The number of hydrogen-bond acceptors (Lipinski definition) is 5. The number of aryl methyl sites for hydroxylation is 2. The standard InChI is InChI=1S/C32H41NO3S2/c1-8-9-10-21-11-13-22(14-12-21)27-20(4)38-30(28(27)31(35)36-19(2)3)33-29(34)25-18-37-26-17-23(32(5,6)7)15-16-24(25)26/h11-14,18-19,23H,8-10,15-17H2,1-7H3,(H,33,34). The largest absolute Gasteiger partial charge is 0.459 e. The fourth-order valence-electron chi connectivity index (χ4n) is 5.28. The minimum absolute atomic E-state index is 0.141. The number of esters is 1. The quantitative estimate of drug-likeness (QED) is 0.284. The molecule has 38 heavy (non-hydrogen) atoms. The first kappa shape index (κ1) is 28.6. The number of fused-ring (bicyclic) bond motifs is 1. The van der Waals surface area contributed by atoms with Crippen LogP contribution in [0.1, 0.15) is 102 Å². The first-order valence-electron chi connectivity index (χ1n) is 13.8. The first-order valence-corrected chi connectivity index (χ1v) is 15.5. The number of anilines is 1. The molecule has 1 aliphatic rings. The van der Waals surface area contributed by atoms with Crippen LogP contribution < -0.4 is 5.32 Å². The molecule has 2 aromatic heterocycles. The monoisotopic (exact) mass is 551 g/mol. The van der Waals surface area contributed by atoms with Gasteiger partial charge in [0.2, 0.25) is 0 Å². The van der Waals surface area contributed by atoms with Gasteiger partial charge in [0, 0.05) is 20.7 Å². The summed E-state index contributed by atoms with van der Waals surface area (Å²) in [4.78, 5) is 29.2. The lowest BCUT2D eigenvalue weighted by Crippen LogP contribution is -2.27. The van der Waals surface area contributed by atoms with Crippen LogP contribution in [0, 0.1) is 18.3 Å². The van der Waals surface area contributed by atoms with Crippen molar-refractivity contribution in [3.63, 3.8) is 0 Å². The van der Waals surface area contributed by atoms with Gasteiger partial charge in [-0.15, -0.1) is 22.7 Å². The summed E-state index contributed by atoms with van der Waals surface area (Å²) in [5.74, 6) is 0.0842. The van der Waals surface area contributed by atoms with Gasteiger partial charge in [-0.1, -0.05) is 58.4 Å². The van der Waals surface area contributed by atoms with E-state index in [9.17, 15) is 9.59 Å². The number of nitrogens with one attached hydrogen (secondary N) is 1. The molecule has 6 heteroatoms. The molecule has 1 aliphatic carbocycles. The summed E-state index contributed by atoms with van der Waals surface area (Å²) in [6, 6.07) is 8.44. The predicted octanol–water partition coefficient (Wildman–Crippen LogP) is 9.10. The highest BCUT2D eigenvalue weighted by atomic mass is 32.1. The van der Waals surface area contributed by atoms with E-state index in [-0.39, 0.29) is 17.4 Å². The normalized spacial score (nSPS) is 15.4. The summed E-state index contributed by atoms with van der Waals surface area (Å²) < 4.78 is 5.65. The molecule has 0 saturated heterocycles. The molecular formula is C32H41NO3S2. The molecule has 0 bridgehead atoms. The highest BCUT2D eigenvalue weighted by Gasteiger charge is 2.32. The molecule has 0 spiro atoms. The number of unbranched alkanes of at least 4 members (excludes halogenated alkanes) is 1. The van der Waals surface area contributed by atoms with Crippen molar-refractivity contribution in [1.29, 1.82) is 0 Å². The average Bonchev–Trinajstić information content (AvgIpc) is 3.42. The van der Waals surface area contributed by atoms with E-state index in [1.54, 1.807) is 11.3 Å². The van der Waals surface area contributed by atoms with Crippen molar-refractivity contribution in [2.45, 2.75) is 93.1 Å². The fourth-order valence-corrected chi connectivity index (χ4v) is 7.50. The molecule has 4 rings (SSSR count). The summed E-state index contributed by atoms with van der Waals surface area (Å²) in [6.45, 7) is 14.8. The van der Waals surface area contributed by atoms with Crippen LogP contribution in [0.25, 0.3) is 11.1 Å². The number of thiophene rings is 2. The molecule has 2 heterocycles. The highest BCUT2D eigenvalue weighted by Crippen LogP contribution is 2.43. The zero-order valence-corrected chi connectivity index (χ0v) is 25.5. The summed E-state index contributed by atoms with van der Waals surface area (Å²) >= 11 is 3.14. The molecule has 4 nitrogen and oxygen atoms in total. The SMILES string of the molecule is CCCCc1ccc(-c2c(C)sc(NC(=O)c3csc4c3CCC(C(C)(C)C)C4)c2C(=O)OC(C)C)cc1. The third kappa shape index (κ3) is 6.23. The van der Waals surface area contributed by atoms with Gasteiger partial charge in [-0.05, 0) is 80.9 Å². The van der Waals surface area contributed by atoms with Crippen molar-refractivity contribution in [2.24, 2.45) is 11.3 Å². The van der Waals surface area contributed by atoms with Gasteiger partial charge in [0.25, 0.3) is 5.91 Å². The van der Waals surface area contributed by atoms with Crippen LogP contribution in [0.4, 0.5) is 5.00 Å². The molecule has 3 aromatic rings. The number of benzene rings is 1. The number of hydrogen-bond donors (Lipinski definition) is 1. The molecule has 1 atom stereocenters. The van der Waals surface area contributed by atoms with E-state index in [2.05, 4.69) is 57.3 Å². The van der Waals surface area contributed by atoms with Crippen LogP contribution in [0.15, 0.2) is 29.6 Å². The van der Waals surface area contributed by atoms with Gasteiger partial charge < -0.3 is 10.1 Å². The molecular weight excluding hydrogens is 510 g/mol. The molecule has 0 saturated carbocycles. The molecule has 1 N–H and O–H groups in total. The Kier molecular flexibility index (Phi) is 8.83. The van der Waals surface area contributed by atoms with Crippen LogP contribution in [0.2, 0.25) is 0 Å². The van der Waals surface area contributed by atoms with E-state index in [1.807, 2.05) is 26.2 Å². The van der Waals surface area contributed by atoms with Crippen molar-refractivity contribution in [2.75, 3.05) is 5.32 Å². The third-order valence-corrected chi connectivity index (χ3v) is 9.62. The zero-order chi connectivity index (χ0) is 27.6. The van der Waals surface area contributed by atoms with E-state index in [0.717, 1.165) is 60.1 Å². The van der Waals surface area contributed by atoms with Gasteiger partial charge >= 0.3 is 5.97 Å². The summed E-state index contributed by atoms with van der Waals surface area (Å²) in [5.41, 5.74) is 5.74. The summed E-state index contributed by atoms with van der Waals surface area (Å²) in [7, 11) is 0. The molecule has 1 unspecified atom stereocenters. The van der Waals surface area contributed by atoms with Gasteiger partial charge in [-0.2, -0.15) is 0 Å². The topological polar surface area (TPSA) is 55.4 Å². The van der Waals surface area contributed by atoms with E-state index in [0.29, 0.717) is 16.5 Å². The predicted molar refractivity (Wildman–Crippen MR) is 161 cm³/mol. The Bertz CT molecular complexity index is 1290. The second-order valence-electron chi connectivity index (χ2n) is 11.8. The van der Waals surface area contributed by atoms with Crippen molar-refractivity contribution >= 4 is 39.6 Å². The second-order valence-corrected chi connectivity index (χ2v) is 14.0. The second kappa shape index (κ2) is 11.7. The van der Waals surface area contributed by atoms with Gasteiger partial charge in [0.1, 0.15) is 10.6 Å². The maximum atomic E-state index is 13.6. The molecule has 1 amide bonds. The van der Waals surface area contributed by atoms with Crippen molar-refractivity contribution < 1.29 is 14.3 Å². The average molecular weight is 552 g/mol. The van der Waals surface area contributed by atoms with Crippen molar-refractivity contribution in [1.82, 2.24) is 0 Å². The summed E-state index contributed by atoms with van der Waals surface area (Å²) in [6.07, 6.45) is 6.15. The number of carbonyl (C=O) groups excluding carboxylic acids is 2. The minimum Gasteiger partial charge on any atom is -0.459 e. The maximum absolute atomic E-state index is 13.6. The van der Waals surface area contributed by atoms with E-state index < -0.39 is 5.97 Å². The van der Waals surface area contributed by atoms with Gasteiger partial charge in [-0.3, -0.25) is 4.79 Å². The Labute approximate surface area is 235 Å². The van der Waals surface area contributed by atoms with E-state index >= 15 is 0 Å². The highest BCUT2D eigenvalue weighted by molar-refractivity contribution is 7.17. The van der Waals surface area contributed by atoms with Crippen LogP contribution in [0.3, 0.4) is 0 Å². The molecule has 0 fully saturated rings. The van der Waals surface area contributed by atoms with Gasteiger partial charge in [0.05, 0.1) is 11.7 Å². The number of amides is 1. The number of rotatable bonds is 8. The van der Waals surface area contributed by atoms with Crippen LogP contribution >= 0.6 is 22.7 Å². The lowest BCUT2D eigenvalue weighted by molar-refractivity contribution is 0.0380. The third-order valence-electron chi connectivity index (χ3n) is 7.54. The lowest BCUT2D eigenvalue weighted by atomic mass is 9.72. The van der Waals surface area contributed by atoms with E-state index in [1.165, 1.54) is 27.3 Å². The maximum Gasteiger partial charge on any atom is 0.342 e. The Morgan fingerprint density at radius 1 is 1.16 bits per heavy atom. The smallest absolute Gasteiger partial charge is 0.342 e. The fraction of sp³-hybridized carbons (Fsp3) is 0.500. The van der Waals surface area contributed by atoms with Crippen molar-refractivity contribution in [3.8, 4) is 11.1 Å². The number of carbonyl (C=O) groups is 2. The van der Waals surface area contributed by atoms with Crippen LogP contribution in [0.5, 0.6) is 0 Å².